The summed E-state index contributed by atoms with van der Waals surface area (Å²) in [4.78, 5) is 17.5. The number of carbonyl (C=O) groups excluding carboxylic acids is 1. The fraction of sp³-hybridized carbons (Fsp3) is 0.464. The van der Waals surface area contributed by atoms with E-state index in [2.05, 4.69) is 17.0 Å². The summed E-state index contributed by atoms with van der Waals surface area (Å²) in [5, 5.41) is 1.05. The number of likely N-dealkylation sites (tertiary alicyclic amines) is 1. The van der Waals surface area contributed by atoms with Crippen LogP contribution in [0.25, 0.3) is 10.1 Å². The van der Waals surface area contributed by atoms with Crippen molar-refractivity contribution in [2.24, 2.45) is 0 Å². The van der Waals surface area contributed by atoms with Crippen LogP contribution in [0.1, 0.15) is 71.7 Å². The smallest absolute Gasteiger partial charge is 0.194 e. The SMILES string of the molecule is COc1ccc2c(C(=O)c3ccc(OCCN4CCCC4)cc3)c(C3CCCCC3)sc2c1. The first kappa shape index (κ1) is 22.4. The van der Waals surface area contributed by atoms with E-state index in [1.54, 1.807) is 18.4 Å². The molecular formula is C28H33NO3S. The maximum atomic E-state index is 13.8. The summed E-state index contributed by atoms with van der Waals surface area (Å²) in [7, 11) is 1.69. The minimum absolute atomic E-state index is 0.121. The van der Waals surface area contributed by atoms with Gasteiger partial charge in [-0.05, 0) is 87.2 Å². The van der Waals surface area contributed by atoms with Gasteiger partial charge in [0.1, 0.15) is 18.1 Å². The number of methoxy groups -OCH3 is 1. The number of rotatable bonds is 8. The van der Waals surface area contributed by atoms with Gasteiger partial charge in [0.25, 0.3) is 0 Å². The van der Waals surface area contributed by atoms with Crippen LogP contribution in [-0.4, -0.2) is 44.0 Å². The van der Waals surface area contributed by atoms with Crippen LogP contribution in [0.5, 0.6) is 11.5 Å². The van der Waals surface area contributed by atoms with Crippen LogP contribution < -0.4 is 9.47 Å². The summed E-state index contributed by atoms with van der Waals surface area (Å²) in [5.41, 5.74) is 1.63. The van der Waals surface area contributed by atoms with Crippen molar-refractivity contribution >= 4 is 27.2 Å². The average molecular weight is 464 g/mol. The quantitative estimate of drug-likeness (QED) is 0.350. The number of hydrogen-bond acceptors (Lipinski definition) is 5. The van der Waals surface area contributed by atoms with E-state index in [1.807, 2.05) is 30.3 Å². The van der Waals surface area contributed by atoms with E-state index in [4.69, 9.17) is 9.47 Å². The van der Waals surface area contributed by atoms with E-state index in [1.165, 1.54) is 62.9 Å². The topological polar surface area (TPSA) is 38.8 Å². The first-order valence-corrected chi connectivity index (χ1v) is 13.1. The highest BCUT2D eigenvalue weighted by Crippen LogP contribution is 2.44. The zero-order chi connectivity index (χ0) is 22.6. The molecule has 2 fully saturated rings. The maximum absolute atomic E-state index is 13.8. The third-order valence-electron chi connectivity index (χ3n) is 7.12. The monoisotopic (exact) mass is 463 g/mol. The summed E-state index contributed by atoms with van der Waals surface area (Å²) >= 11 is 1.78. The molecule has 1 saturated carbocycles. The number of hydrogen-bond donors (Lipinski definition) is 0. The number of ether oxygens (including phenoxy) is 2. The molecule has 2 aromatic carbocycles. The summed E-state index contributed by atoms with van der Waals surface area (Å²) < 4.78 is 12.5. The van der Waals surface area contributed by atoms with Crippen molar-refractivity contribution in [3.05, 3.63) is 58.5 Å². The highest BCUT2D eigenvalue weighted by atomic mass is 32.1. The van der Waals surface area contributed by atoms with Crippen LogP contribution in [0.4, 0.5) is 0 Å². The fourth-order valence-electron chi connectivity index (χ4n) is 5.25. The lowest BCUT2D eigenvalue weighted by Gasteiger charge is -2.21. The van der Waals surface area contributed by atoms with E-state index < -0.39 is 0 Å². The van der Waals surface area contributed by atoms with Gasteiger partial charge in [-0.25, -0.2) is 0 Å². The van der Waals surface area contributed by atoms with Crippen LogP contribution in [-0.2, 0) is 0 Å². The van der Waals surface area contributed by atoms with Gasteiger partial charge in [-0.3, -0.25) is 9.69 Å². The minimum atomic E-state index is 0.121. The molecule has 33 heavy (non-hydrogen) atoms. The Morgan fingerprint density at radius 3 is 2.42 bits per heavy atom. The first-order valence-electron chi connectivity index (χ1n) is 12.3. The van der Waals surface area contributed by atoms with Gasteiger partial charge in [0.05, 0.1) is 7.11 Å². The van der Waals surface area contributed by atoms with E-state index in [-0.39, 0.29) is 5.78 Å². The zero-order valence-corrected chi connectivity index (χ0v) is 20.3. The number of carbonyl (C=O) groups is 1. The van der Waals surface area contributed by atoms with Crippen molar-refractivity contribution < 1.29 is 14.3 Å². The molecule has 0 amide bonds. The average Bonchev–Trinajstić information content (AvgIpc) is 3.52. The Morgan fingerprint density at radius 2 is 1.70 bits per heavy atom. The van der Waals surface area contributed by atoms with Gasteiger partial charge in [-0.2, -0.15) is 0 Å². The zero-order valence-electron chi connectivity index (χ0n) is 19.5. The molecule has 2 heterocycles. The third-order valence-corrected chi connectivity index (χ3v) is 8.43. The van der Waals surface area contributed by atoms with E-state index >= 15 is 0 Å². The van der Waals surface area contributed by atoms with Crippen molar-refractivity contribution in [2.75, 3.05) is 33.4 Å². The molecule has 4 nitrogen and oxygen atoms in total. The Bertz CT molecular complexity index is 1090. The van der Waals surface area contributed by atoms with Gasteiger partial charge in [0.2, 0.25) is 0 Å². The minimum Gasteiger partial charge on any atom is -0.497 e. The molecule has 1 aromatic heterocycles. The second-order valence-corrected chi connectivity index (χ2v) is 10.4. The number of ketones is 1. The predicted octanol–water partition coefficient (Wildman–Crippen LogP) is 6.66. The van der Waals surface area contributed by atoms with Crippen LogP contribution in [0.15, 0.2) is 42.5 Å². The number of thiophene rings is 1. The van der Waals surface area contributed by atoms with Crippen molar-refractivity contribution in [3.63, 3.8) is 0 Å². The highest BCUT2D eigenvalue weighted by molar-refractivity contribution is 7.19. The molecule has 0 spiro atoms. The highest BCUT2D eigenvalue weighted by Gasteiger charge is 2.27. The van der Waals surface area contributed by atoms with Crippen LogP contribution >= 0.6 is 11.3 Å². The Hall–Kier alpha value is -2.37. The molecule has 0 N–H and O–H groups in total. The van der Waals surface area contributed by atoms with E-state index in [0.29, 0.717) is 12.5 Å². The molecule has 0 radical (unpaired) electrons. The molecule has 5 heteroatoms. The normalized spacial score (nSPS) is 17.5. The molecule has 0 atom stereocenters. The summed E-state index contributed by atoms with van der Waals surface area (Å²) in [6.07, 6.45) is 8.74. The van der Waals surface area contributed by atoms with Gasteiger partial charge in [0.15, 0.2) is 5.78 Å². The Labute approximate surface area is 200 Å². The Morgan fingerprint density at radius 1 is 0.970 bits per heavy atom. The number of fused-ring (bicyclic) bond motifs is 1. The maximum Gasteiger partial charge on any atom is 0.194 e. The van der Waals surface area contributed by atoms with Gasteiger partial charge in [-0.1, -0.05) is 19.3 Å². The first-order chi connectivity index (χ1) is 16.2. The fourth-order valence-corrected chi connectivity index (χ4v) is 6.65. The Kier molecular flexibility index (Phi) is 6.98. The van der Waals surface area contributed by atoms with Gasteiger partial charge in [-0.15, -0.1) is 11.3 Å². The molecule has 1 saturated heterocycles. The summed E-state index contributed by atoms with van der Waals surface area (Å²) in [6, 6.07) is 13.8. The molecular weight excluding hydrogens is 430 g/mol. The largest absolute Gasteiger partial charge is 0.497 e. The molecule has 0 bridgehead atoms. The lowest BCUT2D eigenvalue weighted by Crippen LogP contribution is -2.25. The molecule has 2 aliphatic rings. The summed E-state index contributed by atoms with van der Waals surface area (Å²) in [5.74, 6) is 2.27. The summed E-state index contributed by atoms with van der Waals surface area (Å²) in [6.45, 7) is 4.02. The van der Waals surface area contributed by atoms with Crippen molar-refractivity contribution in [1.29, 1.82) is 0 Å². The molecule has 1 aliphatic carbocycles. The lowest BCUT2D eigenvalue weighted by atomic mass is 9.85. The lowest BCUT2D eigenvalue weighted by molar-refractivity contribution is 0.103. The second-order valence-electron chi connectivity index (χ2n) is 9.29. The van der Waals surface area contributed by atoms with Crippen molar-refractivity contribution in [2.45, 2.75) is 50.9 Å². The predicted molar refractivity (Wildman–Crippen MR) is 135 cm³/mol. The van der Waals surface area contributed by atoms with Crippen LogP contribution in [0, 0.1) is 0 Å². The number of nitrogens with zero attached hydrogens (tertiary/aromatic N) is 1. The van der Waals surface area contributed by atoms with Gasteiger partial charge in [0, 0.05) is 32.6 Å². The standard InChI is InChI=1S/C28H33NO3S/c1-31-23-13-14-24-25(19-23)33-28(21-7-3-2-4-8-21)26(24)27(30)20-9-11-22(12-10-20)32-18-17-29-15-5-6-16-29/h9-14,19,21H,2-8,15-18H2,1H3. The van der Waals surface area contributed by atoms with Gasteiger partial charge >= 0.3 is 0 Å². The molecule has 5 rings (SSSR count). The van der Waals surface area contributed by atoms with Crippen molar-refractivity contribution in [1.82, 2.24) is 4.90 Å². The molecule has 0 unspecified atom stereocenters. The second kappa shape index (κ2) is 10.3. The number of benzene rings is 2. The molecule has 174 valence electrons. The van der Waals surface area contributed by atoms with Crippen LogP contribution in [0.2, 0.25) is 0 Å². The third kappa shape index (κ3) is 4.95. The van der Waals surface area contributed by atoms with E-state index in [0.717, 1.165) is 39.3 Å². The molecule has 3 aromatic rings. The Balaban J connectivity index is 1.38. The van der Waals surface area contributed by atoms with Gasteiger partial charge < -0.3 is 9.47 Å². The van der Waals surface area contributed by atoms with Crippen LogP contribution in [0.3, 0.4) is 0 Å². The van der Waals surface area contributed by atoms with E-state index in [9.17, 15) is 4.79 Å². The molecule has 1 aliphatic heterocycles. The van der Waals surface area contributed by atoms with Crippen molar-refractivity contribution in [3.8, 4) is 11.5 Å².